The number of aromatic amines is 1. The zero-order chi connectivity index (χ0) is 14.2. The van der Waals surface area contributed by atoms with Crippen molar-refractivity contribution in [3.05, 3.63) is 46.2 Å². The van der Waals surface area contributed by atoms with Crippen LogP contribution in [0, 0.1) is 5.41 Å². The molecule has 1 unspecified atom stereocenters. The fourth-order valence-corrected chi connectivity index (χ4v) is 3.19. The molecule has 0 saturated heterocycles. The Labute approximate surface area is 119 Å². The first-order valence-corrected chi connectivity index (χ1v) is 7.38. The normalized spacial score (nSPS) is 21.4. The van der Waals surface area contributed by atoms with Gasteiger partial charge in [-0.2, -0.15) is 0 Å². The molecule has 0 aliphatic heterocycles. The van der Waals surface area contributed by atoms with Gasteiger partial charge in [0, 0.05) is 23.7 Å². The Bertz CT molecular complexity index is 672. The van der Waals surface area contributed by atoms with Gasteiger partial charge in [0.25, 0.3) is 5.56 Å². The smallest absolute Gasteiger partial charge is 0.252 e. The number of pyridine rings is 1. The van der Waals surface area contributed by atoms with Crippen molar-refractivity contribution in [1.29, 1.82) is 0 Å². The van der Waals surface area contributed by atoms with Gasteiger partial charge < -0.3 is 10.3 Å². The second kappa shape index (κ2) is 5.06. The molecule has 1 atom stereocenters. The Hall–Kier alpha value is -1.61. The van der Waals surface area contributed by atoms with Gasteiger partial charge in [-0.05, 0) is 42.2 Å². The van der Waals surface area contributed by atoms with E-state index in [1.807, 2.05) is 30.3 Å². The van der Waals surface area contributed by atoms with Crippen LogP contribution >= 0.6 is 0 Å². The summed E-state index contributed by atoms with van der Waals surface area (Å²) in [7, 11) is 0. The molecule has 20 heavy (non-hydrogen) atoms. The van der Waals surface area contributed by atoms with E-state index < -0.39 is 0 Å². The summed E-state index contributed by atoms with van der Waals surface area (Å²) in [6, 6.07) is 10.5. The van der Waals surface area contributed by atoms with Crippen LogP contribution in [0.15, 0.2) is 35.1 Å². The quantitative estimate of drug-likeness (QED) is 0.899. The molecular weight excluding hydrogens is 248 g/mol. The monoisotopic (exact) mass is 270 g/mol. The second-order valence-electron chi connectivity index (χ2n) is 6.70. The SMILES string of the molecule is CC1(C)CCC(NCc2cc3ccccc3[nH]c2=O)C1. The van der Waals surface area contributed by atoms with Crippen molar-refractivity contribution in [3.8, 4) is 0 Å². The lowest BCUT2D eigenvalue weighted by Crippen LogP contribution is -2.29. The van der Waals surface area contributed by atoms with Crippen molar-refractivity contribution in [1.82, 2.24) is 10.3 Å². The van der Waals surface area contributed by atoms with Gasteiger partial charge in [-0.1, -0.05) is 32.0 Å². The standard InChI is InChI=1S/C17H22N2O/c1-17(2)8-7-14(10-17)18-11-13-9-12-5-3-4-6-15(12)19-16(13)20/h3-6,9,14,18H,7-8,10-11H2,1-2H3,(H,19,20). The predicted molar refractivity (Wildman–Crippen MR) is 82.8 cm³/mol. The Morgan fingerprint density at radius 2 is 2.15 bits per heavy atom. The highest BCUT2D eigenvalue weighted by molar-refractivity contribution is 5.78. The van der Waals surface area contributed by atoms with E-state index >= 15 is 0 Å². The van der Waals surface area contributed by atoms with E-state index in [9.17, 15) is 4.79 Å². The Balaban J connectivity index is 1.75. The van der Waals surface area contributed by atoms with Crippen molar-refractivity contribution < 1.29 is 0 Å². The molecule has 2 aromatic rings. The van der Waals surface area contributed by atoms with Gasteiger partial charge in [-0.3, -0.25) is 4.79 Å². The maximum Gasteiger partial charge on any atom is 0.252 e. The summed E-state index contributed by atoms with van der Waals surface area (Å²) >= 11 is 0. The van der Waals surface area contributed by atoms with Crippen LogP contribution in [-0.2, 0) is 6.54 Å². The van der Waals surface area contributed by atoms with Gasteiger partial charge in [-0.15, -0.1) is 0 Å². The van der Waals surface area contributed by atoms with Gasteiger partial charge in [-0.25, -0.2) is 0 Å². The lowest BCUT2D eigenvalue weighted by atomic mass is 9.92. The molecule has 3 rings (SSSR count). The molecule has 0 radical (unpaired) electrons. The number of benzene rings is 1. The van der Waals surface area contributed by atoms with E-state index in [4.69, 9.17) is 0 Å². The van der Waals surface area contributed by atoms with Gasteiger partial charge in [0.15, 0.2) is 0 Å². The maximum atomic E-state index is 12.1. The summed E-state index contributed by atoms with van der Waals surface area (Å²) < 4.78 is 0. The molecule has 3 heteroatoms. The van der Waals surface area contributed by atoms with Crippen LogP contribution in [-0.4, -0.2) is 11.0 Å². The number of nitrogens with one attached hydrogen (secondary N) is 2. The molecule has 106 valence electrons. The first-order chi connectivity index (χ1) is 9.53. The van der Waals surface area contributed by atoms with E-state index in [0.29, 0.717) is 18.0 Å². The third-order valence-corrected chi connectivity index (χ3v) is 4.38. The van der Waals surface area contributed by atoms with Crippen molar-refractivity contribution in [2.45, 2.75) is 45.7 Å². The minimum atomic E-state index is 0.0217. The van der Waals surface area contributed by atoms with Gasteiger partial charge in [0.05, 0.1) is 0 Å². The van der Waals surface area contributed by atoms with Gasteiger partial charge >= 0.3 is 0 Å². The predicted octanol–water partition coefficient (Wildman–Crippen LogP) is 3.20. The van der Waals surface area contributed by atoms with Crippen molar-refractivity contribution in [2.75, 3.05) is 0 Å². The van der Waals surface area contributed by atoms with Gasteiger partial charge in [0.2, 0.25) is 0 Å². The fourth-order valence-electron chi connectivity index (χ4n) is 3.19. The lowest BCUT2D eigenvalue weighted by Gasteiger charge is -2.17. The molecular formula is C17H22N2O. The highest BCUT2D eigenvalue weighted by Crippen LogP contribution is 2.36. The molecule has 3 nitrogen and oxygen atoms in total. The molecule has 1 saturated carbocycles. The minimum Gasteiger partial charge on any atom is -0.322 e. The molecule has 1 aromatic heterocycles. The van der Waals surface area contributed by atoms with Crippen LogP contribution < -0.4 is 10.9 Å². The van der Waals surface area contributed by atoms with E-state index in [-0.39, 0.29) is 5.56 Å². The number of aromatic nitrogens is 1. The maximum absolute atomic E-state index is 12.1. The number of para-hydroxylation sites is 1. The van der Waals surface area contributed by atoms with Crippen molar-refractivity contribution in [2.24, 2.45) is 5.41 Å². The van der Waals surface area contributed by atoms with E-state index in [2.05, 4.69) is 24.1 Å². The second-order valence-corrected chi connectivity index (χ2v) is 6.70. The van der Waals surface area contributed by atoms with Crippen molar-refractivity contribution in [3.63, 3.8) is 0 Å². The van der Waals surface area contributed by atoms with Crippen LogP contribution in [0.5, 0.6) is 0 Å². The third kappa shape index (κ3) is 2.78. The number of hydrogen-bond acceptors (Lipinski definition) is 2. The average molecular weight is 270 g/mol. The minimum absolute atomic E-state index is 0.0217. The summed E-state index contributed by atoms with van der Waals surface area (Å²) in [6.45, 7) is 5.29. The Kier molecular flexibility index (Phi) is 3.38. The summed E-state index contributed by atoms with van der Waals surface area (Å²) in [5, 5.41) is 4.63. The zero-order valence-electron chi connectivity index (χ0n) is 12.2. The molecule has 1 heterocycles. The van der Waals surface area contributed by atoms with Crippen LogP contribution in [0.2, 0.25) is 0 Å². The molecule has 0 spiro atoms. The number of hydrogen-bond donors (Lipinski definition) is 2. The molecule has 1 aliphatic rings. The summed E-state index contributed by atoms with van der Waals surface area (Å²) in [5.74, 6) is 0. The van der Waals surface area contributed by atoms with E-state index in [1.54, 1.807) is 0 Å². The third-order valence-electron chi connectivity index (χ3n) is 4.38. The van der Waals surface area contributed by atoms with E-state index in [1.165, 1.54) is 19.3 Å². The highest BCUT2D eigenvalue weighted by atomic mass is 16.1. The van der Waals surface area contributed by atoms with Crippen LogP contribution in [0.3, 0.4) is 0 Å². The summed E-state index contributed by atoms with van der Waals surface area (Å²) in [4.78, 5) is 15.0. The number of fused-ring (bicyclic) bond motifs is 1. The Morgan fingerprint density at radius 1 is 1.35 bits per heavy atom. The molecule has 0 bridgehead atoms. The molecule has 2 N–H and O–H groups in total. The highest BCUT2D eigenvalue weighted by Gasteiger charge is 2.30. The Morgan fingerprint density at radius 3 is 2.90 bits per heavy atom. The van der Waals surface area contributed by atoms with Gasteiger partial charge in [0.1, 0.15) is 0 Å². The zero-order valence-corrected chi connectivity index (χ0v) is 12.2. The molecule has 1 fully saturated rings. The van der Waals surface area contributed by atoms with Crippen LogP contribution in [0.4, 0.5) is 0 Å². The first kappa shape index (κ1) is 13.4. The molecule has 1 aliphatic carbocycles. The number of rotatable bonds is 3. The average Bonchev–Trinajstić information content (AvgIpc) is 2.76. The summed E-state index contributed by atoms with van der Waals surface area (Å²) in [6.07, 6.45) is 3.66. The topological polar surface area (TPSA) is 44.9 Å². The lowest BCUT2D eigenvalue weighted by molar-refractivity contribution is 0.364. The fraction of sp³-hybridized carbons (Fsp3) is 0.471. The first-order valence-electron chi connectivity index (χ1n) is 7.38. The van der Waals surface area contributed by atoms with Crippen LogP contribution in [0.25, 0.3) is 10.9 Å². The largest absolute Gasteiger partial charge is 0.322 e. The van der Waals surface area contributed by atoms with Crippen LogP contribution in [0.1, 0.15) is 38.7 Å². The molecule has 1 aromatic carbocycles. The summed E-state index contributed by atoms with van der Waals surface area (Å²) in [5.41, 5.74) is 2.19. The molecule has 0 amide bonds. The van der Waals surface area contributed by atoms with E-state index in [0.717, 1.165) is 16.5 Å². The number of H-pyrrole nitrogens is 1. The van der Waals surface area contributed by atoms with Crippen molar-refractivity contribution >= 4 is 10.9 Å².